The van der Waals surface area contributed by atoms with E-state index < -0.39 is 0 Å². The molecule has 2 rings (SSSR count). The van der Waals surface area contributed by atoms with E-state index in [2.05, 4.69) is 10.3 Å². The summed E-state index contributed by atoms with van der Waals surface area (Å²) in [6.45, 7) is 4.42. The number of phenolic OH excluding ortho intramolecular Hbond substituents is 1. The van der Waals surface area contributed by atoms with Crippen LogP contribution >= 0.6 is 11.6 Å². The Hall–Kier alpha value is -1.74. The van der Waals surface area contributed by atoms with Crippen molar-refractivity contribution < 1.29 is 5.11 Å². The van der Waals surface area contributed by atoms with Crippen LogP contribution in [0.25, 0.3) is 0 Å². The molecule has 2 N–H and O–H groups in total. The monoisotopic (exact) mass is 262 g/mol. The zero-order valence-corrected chi connectivity index (χ0v) is 11.1. The molecular formula is C14H15ClN2O. The van der Waals surface area contributed by atoms with Crippen LogP contribution in [-0.2, 0) is 6.54 Å². The third kappa shape index (κ3) is 2.93. The normalized spacial score (nSPS) is 10.4. The highest BCUT2D eigenvalue weighted by molar-refractivity contribution is 6.30. The maximum Gasteiger partial charge on any atom is 0.120 e. The second-order valence-corrected chi connectivity index (χ2v) is 4.65. The highest BCUT2D eigenvalue weighted by Gasteiger charge is 2.04. The van der Waals surface area contributed by atoms with E-state index in [1.54, 1.807) is 18.2 Å². The lowest BCUT2D eigenvalue weighted by molar-refractivity contribution is 0.469. The molecule has 18 heavy (non-hydrogen) atoms. The predicted octanol–water partition coefficient (Wildman–Crippen LogP) is 3.67. The topological polar surface area (TPSA) is 45.1 Å². The minimum atomic E-state index is 0.240. The van der Waals surface area contributed by atoms with Gasteiger partial charge in [0.05, 0.1) is 11.4 Å². The molecule has 1 aromatic carbocycles. The Balaban J connectivity index is 2.13. The van der Waals surface area contributed by atoms with Gasteiger partial charge in [0, 0.05) is 22.8 Å². The average Bonchev–Trinajstić information content (AvgIpc) is 2.32. The van der Waals surface area contributed by atoms with Gasteiger partial charge in [-0.2, -0.15) is 0 Å². The number of pyridine rings is 1. The Labute approximate surface area is 111 Å². The fraction of sp³-hybridized carbons (Fsp3) is 0.214. The number of aromatic nitrogens is 1. The second-order valence-electron chi connectivity index (χ2n) is 4.21. The summed E-state index contributed by atoms with van der Waals surface area (Å²) in [7, 11) is 0. The fourth-order valence-corrected chi connectivity index (χ4v) is 1.95. The van der Waals surface area contributed by atoms with Gasteiger partial charge in [-0.3, -0.25) is 4.98 Å². The standard InChI is InChI=1S/C14H15ClN2O/c1-9-3-5-13(10(2)17-9)16-8-11-7-12(15)4-6-14(11)18/h3-7,16,18H,8H2,1-2H3. The van der Waals surface area contributed by atoms with Gasteiger partial charge < -0.3 is 10.4 Å². The molecule has 1 heterocycles. The summed E-state index contributed by atoms with van der Waals surface area (Å²) in [6, 6.07) is 8.95. The molecule has 0 aliphatic carbocycles. The number of hydrogen-bond acceptors (Lipinski definition) is 3. The van der Waals surface area contributed by atoms with Crippen molar-refractivity contribution >= 4 is 17.3 Å². The molecule has 0 unspecified atom stereocenters. The van der Waals surface area contributed by atoms with E-state index in [9.17, 15) is 5.11 Å². The lowest BCUT2D eigenvalue weighted by atomic mass is 10.2. The van der Waals surface area contributed by atoms with Crippen molar-refractivity contribution in [2.45, 2.75) is 20.4 Å². The predicted molar refractivity (Wildman–Crippen MR) is 74.2 cm³/mol. The largest absolute Gasteiger partial charge is 0.508 e. The van der Waals surface area contributed by atoms with Gasteiger partial charge in [-0.25, -0.2) is 0 Å². The molecule has 0 aliphatic heterocycles. The summed E-state index contributed by atoms with van der Waals surface area (Å²) in [5, 5.41) is 13.6. The first-order valence-electron chi connectivity index (χ1n) is 5.72. The molecular weight excluding hydrogens is 248 g/mol. The quantitative estimate of drug-likeness (QED) is 0.887. The first kappa shape index (κ1) is 12.7. The van der Waals surface area contributed by atoms with Crippen molar-refractivity contribution in [3.8, 4) is 5.75 Å². The fourth-order valence-electron chi connectivity index (χ4n) is 1.76. The van der Waals surface area contributed by atoms with Crippen LogP contribution in [0.4, 0.5) is 5.69 Å². The molecule has 0 spiro atoms. The SMILES string of the molecule is Cc1ccc(NCc2cc(Cl)ccc2O)c(C)n1. The zero-order valence-electron chi connectivity index (χ0n) is 10.4. The van der Waals surface area contributed by atoms with E-state index in [0.29, 0.717) is 11.6 Å². The van der Waals surface area contributed by atoms with E-state index >= 15 is 0 Å². The summed E-state index contributed by atoms with van der Waals surface area (Å²) < 4.78 is 0. The van der Waals surface area contributed by atoms with Gasteiger partial charge >= 0.3 is 0 Å². The van der Waals surface area contributed by atoms with Crippen molar-refractivity contribution in [1.82, 2.24) is 4.98 Å². The molecule has 94 valence electrons. The highest BCUT2D eigenvalue weighted by Crippen LogP contribution is 2.23. The molecule has 0 atom stereocenters. The minimum absolute atomic E-state index is 0.240. The van der Waals surface area contributed by atoms with Crippen LogP contribution < -0.4 is 5.32 Å². The number of anilines is 1. The van der Waals surface area contributed by atoms with Crippen LogP contribution in [0.5, 0.6) is 5.75 Å². The Morgan fingerprint density at radius 2 is 2.00 bits per heavy atom. The number of benzene rings is 1. The van der Waals surface area contributed by atoms with Crippen LogP contribution in [0.15, 0.2) is 30.3 Å². The average molecular weight is 263 g/mol. The van der Waals surface area contributed by atoms with Gasteiger partial charge in [-0.05, 0) is 44.2 Å². The minimum Gasteiger partial charge on any atom is -0.508 e. The number of nitrogens with one attached hydrogen (secondary N) is 1. The third-order valence-electron chi connectivity index (χ3n) is 2.74. The van der Waals surface area contributed by atoms with Crippen molar-refractivity contribution in [3.05, 3.63) is 52.3 Å². The van der Waals surface area contributed by atoms with E-state index in [-0.39, 0.29) is 5.75 Å². The van der Waals surface area contributed by atoms with Crippen LogP contribution in [0.1, 0.15) is 17.0 Å². The molecule has 2 aromatic rings. The molecule has 0 bridgehead atoms. The number of rotatable bonds is 3. The lowest BCUT2D eigenvalue weighted by Gasteiger charge is -2.11. The smallest absolute Gasteiger partial charge is 0.120 e. The molecule has 0 saturated heterocycles. The maximum absolute atomic E-state index is 9.71. The molecule has 4 heteroatoms. The van der Waals surface area contributed by atoms with E-state index in [1.807, 2.05) is 26.0 Å². The van der Waals surface area contributed by atoms with Crippen LogP contribution in [-0.4, -0.2) is 10.1 Å². The van der Waals surface area contributed by atoms with E-state index in [1.165, 1.54) is 0 Å². The van der Waals surface area contributed by atoms with Gasteiger partial charge in [0.15, 0.2) is 0 Å². The molecule has 1 aromatic heterocycles. The van der Waals surface area contributed by atoms with Crippen LogP contribution in [0.2, 0.25) is 5.02 Å². The number of aromatic hydroxyl groups is 1. The van der Waals surface area contributed by atoms with Gasteiger partial charge in [0.1, 0.15) is 5.75 Å². The summed E-state index contributed by atoms with van der Waals surface area (Å²) in [4.78, 5) is 4.37. The van der Waals surface area contributed by atoms with Crippen molar-refractivity contribution in [2.75, 3.05) is 5.32 Å². The summed E-state index contributed by atoms with van der Waals surface area (Å²) in [6.07, 6.45) is 0. The van der Waals surface area contributed by atoms with Gasteiger partial charge in [-0.1, -0.05) is 11.6 Å². The van der Waals surface area contributed by atoms with Gasteiger partial charge in [0.2, 0.25) is 0 Å². The maximum atomic E-state index is 9.71. The first-order valence-corrected chi connectivity index (χ1v) is 6.09. The first-order chi connectivity index (χ1) is 8.56. The zero-order chi connectivity index (χ0) is 13.1. The number of halogens is 1. The Kier molecular flexibility index (Phi) is 3.72. The Bertz CT molecular complexity index is 570. The van der Waals surface area contributed by atoms with Crippen LogP contribution in [0.3, 0.4) is 0 Å². The summed E-state index contributed by atoms with van der Waals surface area (Å²) in [5.41, 5.74) is 3.66. The number of phenols is 1. The van der Waals surface area contributed by atoms with Crippen molar-refractivity contribution in [3.63, 3.8) is 0 Å². The van der Waals surface area contributed by atoms with Crippen molar-refractivity contribution in [2.24, 2.45) is 0 Å². The highest BCUT2D eigenvalue weighted by atomic mass is 35.5. The van der Waals surface area contributed by atoms with E-state index in [0.717, 1.165) is 22.6 Å². The number of hydrogen-bond donors (Lipinski definition) is 2. The third-order valence-corrected chi connectivity index (χ3v) is 2.97. The number of nitrogens with zero attached hydrogens (tertiary/aromatic N) is 1. The van der Waals surface area contributed by atoms with Gasteiger partial charge in [-0.15, -0.1) is 0 Å². The molecule has 0 aliphatic rings. The Morgan fingerprint density at radius 1 is 1.22 bits per heavy atom. The lowest BCUT2D eigenvalue weighted by Crippen LogP contribution is -2.02. The Morgan fingerprint density at radius 3 is 2.72 bits per heavy atom. The molecule has 0 saturated carbocycles. The molecule has 0 radical (unpaired) electrons. The number of aryl methyl sites for hydroxylation is 2. The van der Waals surface area contributed by atoms with Crippen molar-refractivity contribution in [1.29, 1.82) is 0 Å². The van der Waals surface area contributed by atoms with Crippen LogP contribution in [0, 0.1) is 13.8 Å². The van der Waals surface area contributed by atoms with Gasteiger partial charge in [0.25, 0.3) is 0 Å². The molecule has 3 nitrogen and oxygen atoms in total. The molecule has 0 amide bonds. The second kappa shape index (κ2) is 5.27. The summed E-state index contributed by atoms with van der Waals surface area (Å²) >= 11 is 5.90. The van der Waals surface area contributed by atoms with E-state index in [4.69, 9.17) is 11.6 Å². The summed E-state index contributed by atoms with van der Waals surface area (Å²) in [5.74, 6) is 0.240. The molecule has 0 fully saturated rings.